The van der Waals surface area contributed by atoms with Crippen LogP contribution in [0.4, 0.5) is 0 Å². The van der Waals surface area contributed by atoms with E-state index in [1.807, 2.05) is 11.3 Å². The molecule has 0 atom stereocenters. The summed E-state index contributed by atoms with van der Waals surface area (Å²) in [5.74, 6) is 0. The van der Waals surface area contributed by atoms with E-state index in [1.54, 1.807) is 0 Å². The molecule has 0 radical (unpaired) electrons. The largest absolute Gasteiger partial charge is 0.134 e. The van der Waals surface area contributed by atoms with Crippen LogP contribution in [0.3, 0.4) is 0 Å². The molecule has 0 nitrogen and oxygen atoms in total. The second-order valence-corrected chi connectivity index (χ2v) is 13.4. The molecule has 1 heteroatoms. The molecular weight excluding hydrogens is 585 g/mol. The fourth-order valence-electron chi connectivity index (χ4n) is 7.80. The molecule has 47 heavy (non-hydrogen) atoms. The van der Waals surface area contributed by atoms with Crippen LogP contribution < -0.4 is 0 Å². The molecule has 10 aromatic rings. The highest BCUT2D eigenvalue weighted by molar-refractivity contribution is 7.26. The van der Waals surface area contributed by atoms with E-state index in [2.05, 4.69) is 170 Å². The SMILES string of the molecule is c1ccc(-c2c3ccccc3c(-c3ccc4c(c3)sc3c(-c5cccc6ccccc56)c5ccccc5cc34)c3ccccc23)cc1. The van der Waals surface area contributed by atoms with Gasteiger partial charge in [-0.25, -0.2) is 0 Å². The molecule has 0 fully saturated rings. The fraction of sp³-hybridized carbons (Fsp3) is 0. The Labute approximate surface area is 276 Å². The van der Waals surface area contributed by atoms with Crippen molar-refractivity contribution in [2.75, 3.05) is 0 Å². The van der Waals surface area contributed by atoms with Gasteiger partial charge in [-0.1, -0.05) is 158 Å². The van der Waals surface area contributed by atoms with Crippen LogP contribution in [0.25, 0.3) is 96.6 Å². The molecule has 0 unspecified atom stereocenters. The highest BCUT2D eigenvalue weighted by Crippen LogP contribution is 2.48. The van der Waals surface area contributed by atoms with Crippen LogP contribution >= 0.6 is 11.3 Å². The molecule has 9 aromatic carbocycles. The van der Waals surface area contributed by atoms with E-state index in [-0.39, 0.29) is 0 Å². The summed E-state index contributed by atoms with van der Waals surface area (Å²) in [6.07, 6.45) is 0. The van der Waals surface area contributed by atoms with Crippen LogP contribution in [0.5, 0.6) is 0 Å². The van der Waals surface area contributed by atoms with Crippen molar-refractivity contribution < 1.29 is 0 Å². The van der Waals surface area contributed by atoms with Crippen molar-refractivity contribution in [2.45, 2.75) is 0 Å². The van der Waals surface area contributed by atoms with Gasteiger partial charge in [0.25, 0.3) is 0 Å². The van der Waals surface area contributed by atoms with Gasteiger partial charge in [0, 0.05) is 25.7 Å². The third-order valence-corrected chi connectivity index (χ3v) is 11.0. The zero-order chi connectivity index (χ0) is 30.9. The summed E-state index contributed by atoms with van der Waals surface area (Å²) >= 11 is 1.93. The van der Waals surface area contributed by atoms with Crippen LogP contribution in [0.15, 0.2) is 170 Å². The first-order valence-electron chi connectivity index (χ1n) is 16.2. The van der Waals surface area contributed by atoms with Gasteiger partial charge in [-0.15, -0.1) is 11.3 Å². The Morgan fingerprint density at radius 1 is 0.298 bits per heavy atom. The monoisotopic (exact) mass is 612 g/mol. The molecule has 0 aliphatic carbocycles. The Bertz CT molecular complexity index is 2780. The fourth-order valence-corrected chi connectivity index (χ4v) is 9.09. The zero-order valence-electron chi connectivity index (χ0n) is 25.6. The van der Waals surface area contributed by atoms with Gasteiger partial charge in [0.05, 0.1) is 0 Å². The number of thiophene rings is 1. The van der Waals surface area contributed by atoms with Gasteiger partial charge in [0.1, 0.15) is 0 Å². The van der Waals surface area contributed by atoms with Crippen LogP contribution in [-0.4, -0.2) is 0 Å². The third kappa shape index (κ3) is 4.00. The van der Waals surface area contributed by atoms with Crippen molar-refractivity contribution in [3.05, 3.63) is 170 Å². The minimum Gasteiger partial charge on any atom is -0.134 e. The number of benzene rings is 9. The predicted molar refractivity (Wildman–Crippen MR) is 206 cm³/mol. The molecular formula is C46H28S. The van der Waals surface area contributed by atoms with Crippen LogP contribution in [-0.2, 0) is 0 Å². The van der Waals surface area contributed by atoms with Gasteiger partial charge in [-0.05, 0) is 83.0 Å². The average molecular weight is 613 g/mol. The molecule has 0 spiro atoms. The first-order chi connectivity index (χ1) is 23.3. The van der Waals surface area contributed by atoms with Crippen molar-refractivity contribution in [1.29, 1.82) is 0 Å². The first-order valence-corrected chi connectivity index (χ1v) is 17.0. The van der Waals surface area contributed by atoms with Gasteiger partial charge < -0.3 is 0 Å². The molecule has 0 aliphatic rings. The topological polar surface area (TPSA) is 0 Å². The van der Waals surface area contributed by atoms with Crippen molar-refractivity contribution in [2.24, 2.45) is 0 Å². The Morgan fingerprint density at radius 3 is 1.55 bits per heavy atom. The second-order valence-electron chi connectivity index (χ2n) is 12.4. The average Bonchev–Trinajstić information content (AvgIpc) is 3.50. The second kappa shape index (κ2) is 10.4. The third-order valence-electron chi connectivity index (χ3n) is 9.83. The summed E-state index contributed by atoms with van der Waals surface area (Å²) in [5.41, 5.74) is 7.74. The van der Waals surface area contributed by atoms with Crippen molar-refractivity contribution >= 4 is 74.6 Å². The lowest BCUT2D eigenvalue weighted by Crippen LogP contribution is -1.90. The standard InChI is InChI=1S/C46H28S/c1-2-14-30(15-3-1)43-37-20-8-10-22-39(37)44(40-23-11-9-21-38(40)43)32-25-26-35-41-27-31-16-5-7-19-34(31)45(46(41)47-42(35)28-32)36-24-12-17-29-13-4-6-18-33(29)36/h1-28H. The zero-order valence-corrected chi connectivity index (χ0v) is 26.4. The van der Waals surface area contributed by atoms with Crippen LogP contribution in [0.1, 0.15) is 0 Å². The van der Waals surface area contributed by atoms with Crippen LogP contribution in [0.2, 0.25) is 0 Å². The molecule has 0 bridgehead atoms. The van der Waals surface area contributed by atoms with E-state index in [0.29, 0.717) is 0 Å². The highest BCUT2D eigenvalue weighted by atomic mass is 32.1. The van der Waals surface area contributed by atoms with E-state index >= 15 is 0 Å². The van der Waals surface area contributed by atoms with Crippen molar-refractivity contribution in [3.8, 4) is 33.4 Å². The van der Waals surface area contributed by atoms with E-state index < -0.39 is 0 Å². The van der Waals surface area contributed by atoms with Crippen LogP contribution in [0, 0.1) is 0 Å². The summed E-state index contributed by atoms with van der Waals surface area (Å²) < 4.78 is 2.66. The Kier molecular flexibility index (Phi) is 5.85. The Balaban J connectivity index is 1.29. The molecule has 0 saturated carbocycles. The Morgan fingerprint density at radius 2 is 0.851 bits per heavy atom. The lowest BCUT2D eigenvalue weighted by Gasteiger charge is -2.17. The summed E-state index contributed by atoms with van der Waals surface area (Å²) in [5, 5.41) is 12.9. The van der Waals surface area contributed by atoms with Gasteiger partial charge in [0.15, 0.2) is 0 Å². The van der Waals surface area contributed by atoms with Gasteiger partial charge in [-0.3, -0.25) is 0 Å². The maximum absolute atomic E-state index is 2.44. The lowest BCUT2D eigenvalue weighted by atomic mass is 9.86. The maximum Gasteiger partial charge on any atom is 0.0440 e. The van der Waals surface area contributed by atoms with Gasteiger partial charge in [-0.2, -0.15) is 0 Å². The normalized spacial score (nSPS) is 11.8. The molecule has 0 aliphatic heterocycles. The van der Waals surface area contributed by atoms with Crippen molar-refractivity contribution in [3.63, 3.8) is 0 Å². The molecule has 0 N–H and O–H groups in total. The quantitative estimate of drug-likeness (QED) is 0.174. The summed E-state index contributed by atoms with van der Waals surface area (Å²) in [6, 6.07) is 62.6. The number of hydrogen-bond donors (Lipinski definition) is 0. The van der Waals surface area contributed by atoms with E-state index in [1.165, 1.54) is 96.6 Å². The molecule has 1 aromatic heterocycles. The lowest BCUT2D eigenvalue weighted by molar-refractivity contribution is 1.66. The van der Waals surface area contributed by atoms with Crippen molar-refractivity contribution in [1.82, 2.24) is 0 Å². The predicted octanol–water partition coefficient (Wildman–Crippen LogP) is 13.7. The highest BCUT2D eigenvalue weighted by Gasteiger charge is 2.19. The smallest absolute Gasteiger partial charge is 0.0440 e. The summed E-state index contributed by atoms with van der Waals surface area (Å²) in [6.45, 7) is 0. The van der Waals surface area contributed by atoms with Gasteiger partial charge in [0.2, 0.25) is 0 Å². The number of rotatable bonds is 3. The molecule has 10 rings (SSSR count). The summed E-state index contributed by atoms with van der Waals surface area (Å²) in [4.78, 5) is 0. The molecule has 1 heterocycles. The van der Waals surface area contributed by atoms with Gasteiger partial charge >= 0.3 is 0 Å². The number of fused-ring (bicyclic) bond motifs is 7. The molecule has 0 amide bonds. The minimum absolute atomic E-state index is 1.25. The molecule has 0 saturated heterocycles. The van der Waals surface area contributed by atoms with E-state index in [9.17, 15) is 0 Å². The summed E-state index contributed by atoms with van der Waals surface area (Å²) in [7, 11) is 0. The molecule has 218 valence electrons. The first kappa shape index (κ1) is 26.5. The maximum atomic E-state index is 2.44. The van der Waals surface area contributed by atoms with E-state index in [4.69, 9.17) is 0 Å². The Hall–Kier alpha value is -5.76. The number of hydrogen-bond acceptors (Lipinski definition) is 1. The van der Waals surface area contributed by atoms with E-state index in [0.717, 1.165) is 0 Å². The minimum atomic E-state index is 1.25.